The van der Waals surface area contributed by atoms with Crippen LogP contribution in [0.3, 0.4) is 0 Å². The molecule has 0 spiro atoms. The van der Waals surface area contributed by atoms with Crippen LogP contribution in [0.2, 0.25) is 0 Å². The Bertz CT molecular complexity index is 1470. The van der Waals surface area contributed by atoms with Crippen molar-refractivity contribution < 1.29 is 18.0 Å². The van der Waals surface area contributed by atoms with Crippen molar-refractivity contribution in [3.05, 3.63) is 30.2 Å². The molecule has 0 bridgehead atoms. The first-order chi connectivity index (χ1) is 16.9. The summed E-state index contributed by atoms with van der Waals surface area (Å²) >= 11 is 0. The largest absolute Gasteiger partial charge is 0.406 e. The Morgan fingerprint density at radius 3 is 2.61 bits per heavy atom. The molecule has 1 amide bonds. The van der Waals surface area contributed by atoms with Crippen LogP contribution >= 0.6 is 0 Å². The Balaban J connectivity index is 1.47. The molecule has 3 N–H and O–H groups in total. The Kier molecular flexibility index (Phi) is 5.52. The monoisotopic (exact) mass is 501 g/mol. The molecule has 4 heterocycles. The van der Waals surface area contributed by atoms with Gasteiger partial charge in [-0.1, -0.05) is 0 Å². The van der Waals surface area contributed by atoms with Gasteiger partial charge in [-0.05, 0) is 44.9 Å². The molecule has 1 aliphatic rings. The SMILES string of the molecule is CNc1nc(NC2CC(C)(NC(C)=O)C2)nn2ccc(-c3ccc4nc(C)n(CC(F)(F)F)c4n3)c12. The zero-order valence-electron chi connectivity index (χ0n) is 20.2. The van der Waals surface area contributed by atoms with Gasteiger partial charge in [0.1, 0.15) is 23.4 Å². The molecule has 36 heavy (non-hydrogen) atoms. The summed E-state index contributed by atoms with van der Waals surface area (Å²) in [4.78, 5) is 24.8. The van der Waals surface area contributed by atoms with Crippen LogP contribution in [0.15, 0.2) is 24.4 Å². The number of hydrogen-bond acceptors (Lipinski definition) is 7. The summed E-state index contributed by atoms with van der Waals surface area (Å²) in [5.74, 6) is 1.15. The summed E-state index contributed by atoms with van der Waals surface area (Å²) in [5.41, 5.74) is 2.12. The third kappa shape index (κ3) is 4.40. The predicted octanol–water partition coefficient (Wildman–Crippen LogP) is 3.52. The number of halogens is 3. The van der Waals surface area contributed by atoms with Gasteiger partial charge >= 0.3 is 6.18 Å². The van der Waals surface area contributed by atoms with E-state index in [-0.39, 0.29) is 29.0 Å². The molecule has 4 aromatic heterocycles. The third-order valence-corrected chi connectivity index (χ3v) is 6.35. The summed E-state index contributed by atoms with van der Waals surface area (Å²) in [6.07, 6.45) is -1.15. The summed E-state index contributed by atoms with van der Waals surface area (Å²) in [6.45, 7) is 3.87. The Morgan fingerprint density at radius 2 is 1.94 bits per heavy atom. The number of carbonyl (C=O) groups is 1. The first-order valence-electron chi connectivity index (χ1n) is 11.5. The number of amides is 1. The van der Waals surface area contributed by atoms with Crippen molar-refractivity contribution >= 4 is 34.4 Å². The average molecular weight is 502 g/mol. The van der Waals surface area contributed by atoms with E-state index < -0.39 is 12.7 Å². The van der Waals surface area contributed by atoms with E-state index in [0.29, 0.717) is 34.1 Å². The van der Waals surface area contributed by atoms with Crippen LogP contribution in [-0.2, 0) is 11.3 Å². The molecule has 1 fully saturated rings. The first-order valence-corrected chi connectivity index (χ1v) is 11.5. The number of nitrogens with zero attached hydrogens (tertiary/aromatic N) is 6. The normalized spacial score (nSPS) is 19.9. The van der Waals surface area contributed by atoms with Gasteiger partial charge in [0.05, 0.1) is 5.69 Å². The van der Waals surface area contributed by atoms with E-state index in [0.717, 1.165) is 17.4 Å². The second-order valence-electron chi connectivity index (χ2n) is 9.45. The highest BCUT2D eigenvalue weighted by Crippen LogP contribution is 2.35. The van der Waals surface area contributed by atoms with Gasteiger partial charge in [-0.15, -0.1) is 5.10 Å². The molecule has 1 saturated carbocycles. The Morgan fingerprint density at radius 1 is 1.19 bits per heavy atom. The zero-order chi connectivity index (χ0) is 25.8. The fourth-order valence-corrected chi connectivity index (χ4v) is 4.94. The number of pyridine rings is 1. The molecular weight excluding hydrogens is 475 g/mol. The average Bonchev–Trinajstić information content (AvgIpc) is 3.31. The van der Waals surface area contributed by atoms with Crippen molar-refractivity contribution in [1.29, 1.82) is 0 Å². The number of carbonyl (C=O) groups excluding carboxylic acids is 1. The number of anilines is 2. The molecule has 5 rings (SSSR count). The molecule has 190 valence electrons. The molecule has 13 heteroatoms. The molecule has 1 aliphatic carbocycles. The van der Waals surface area contributed by atoms with E-state index in [9.17, 15) is 18.0 Å². The summed E-state index contributed by atoms with van der Waals surface area (Å²) < 4.78 is 42.1. The van der Waals surface area contributed by atoms with Crippen molar-refractivity contribution in [3.8, 4) is 11.3 Å². The lowest BCUT2D eigenvalue weighted by molar-refractivity contribution is -0.140. The number of hydrogen-bond donors (Lipinski definition) is 3. The minimum absolute atomic E-state index is 0.0608. The van der Waals surface area contributed by atoms with Gasteiger partial charge in [0, 0.05) is 37.3 Å². The molecule has 0 atom stereocenters. The van der Waals surface area contributed by atoms with E-state index in [1.165, 1.54) is 13.8 Å². The molecular formula is C23H26F3N9O. The molecule has 0 unspecified atom stereocenters. The van der Waals surface area contributed by atoms with Crippen LogP contribution in [0.1, 0.15) is 32.5 Å². The number of fused-ring (bicyclic) bond motifs is 2. The third-order valence-electron chi connectivity index (χ3n) is 6.35. The van der Waals surface area contributed by atoms with Crippen molar-refractivity contribution in [2.75, 3.05) is 17.7 Å². The van der Waals surface area contributed by atoms with Crippen molar-refractivity contribution in [2.24, 2.45) is 0 Å². The van der Waals surface area contributed by atoms with Crippen LogP contribution in [0.25, 0.3) is 27.9 Å². The molecule has 4 aromatic rings. The summed E-state index contributed by atoms with van der Waals surface area (Å²) in [5, 5.41) is 13.9. The van der Waals surface area contributed by atoms with E-state index in [2.05, 4.69) is 36.0 Å². The molecule has 0 aromatic carbocycles. The van der Waals surface area contributed by atoms with Crippen LogP contribution in [0, 0.1) is 6.92 Å². The minimum Gasteiger partial charge on any atom is -0.371 e. The zero-order valence-corrected chi connectivity index (χ0v) is 20.2. The number of imidazole rings is 1. The van der Waals surface area contributed by atoms with Gasteiger partial charge in [-0.3, -0.25) is 4.79 Å². The van der Waals surface area contributed by atoms with E-state index in [4.69, 9.17) is 0 Å². The summed E-state index contributed by atoms with van der Waals surface area (Å²) in [7, 11) is 1.73. The highest BCUT2D eigenvalue weighted by Gasteiger charge is 2.41. The van der Waals surface area contributed by atoms with Gasteiger partial charge in [0.25, 0.3) is 0 Å². The lowest BCUT2D eigenvalue weighted by Gasteiger charge is -2.45. The van der Waals surface area contributed by atoms with E-state index in [1.54, 1.807) is 36.0 Å². The van der Waals surface area contributed by atoms with Gasteiger partial charge in [-0.25, -0.2) is 14.5 Å². The topological polar surface area (TPSA) is 114 Å². The standard InChI is InChI=1S/C23H26F3N9O/c1-12-28-17-6-5-16(30-20(17)34(12)11-23(24,25)26)15-7-8-35-18(15)19(27-4)31-21(33-35)29-14-9-22(3,10-14)32-13(2)36/h5-8,14H,9-11H2,1-4H3,(H,32,36)(H2,27,29,31,33). The summed E-state index contributed by atoms with van der Waals surface area (Å²) in [6, 6.07) is 5.31. The number of rotatable bonds is 6. The first kappa shape index (κ1) is 23.8. The number of aromatic nitrogens is 6. The van der Waals surface area contributed by atoms with Gasteiger partial charge in [0.15, 0.2) is 11.5 Å². The van der Waals surface area contributed by atoms with Crippen LogP contribution in [0.4, 0.5) is 24.9 Å². The molecule has 0 radical (unpaired) electrons. The maximum atomic E-state index is 13.1. The van der Waals surface area contributed by atoms with Crippen molar-refractivity contribution in [3.63, 3.8) is 0 Å². The second kappa shape index (κ2) is 8.35. The fourth-order valence-electron chi connectivity index (χ4n) is 4.94. The van der Waals surface area contributed by atoms with Crippen LogP contribution in [0.5, 0.6) is 0 Å². The number of aryl methyl sites for hydroxylation is 1. The number of alkyl halides is 3. The second-order valence-corrected chi connectivity index (χ2v) is 9.45. The van der Waals surface area contributed by atoms with Crippen LogP contribution in [-0.4, -0.2) is 59.8 Å². The Hall–Kier alpha value is -3.90. The van der Waals surface area contributed by atoms with Crippen molar-refractivity contribution in [1.82, 2.24) is 34.4 Å². The van der Waals surface area contributed by atoms with Gasteiger partial charge in [-0.2, -0.15) is 18.2 Å². The highest BCUT2D eigenvalue weighted by atomic mass is 19.4. The Labute approximate surface area is 204 Å². The minimum atomic E-state index is -4.39. The predicted molar refractivity (Wildman–Crippen MR) is 129 cm³/mol. The molecule has 10 nitrogen and oxygen atoms in total. The quantitative estimate of drug-likeness (QED) is 0.370. The van der Waals surface area contributed by atoms with Crippen molar-refractivity contribution in [2.45, 2.75) is 57.9 Å². The smallest absolute Gasteiger partial charge is 0.371 e. The van der Waals surface area contributed by atoms with E-state index in [1.807, 2.05) is 6.92 Å². The van der Waals surface area contributed by atoms with Gasteiger partial charge in [0.2, 0.25) is 11.9 Å². The molecule has 0 saturated heterocycles. The van der Waals surface area contributed by atoms with Crippen LogP contribution < -0.4 is 16.0 Å². The molecule has 0 aliphatic heterocycles. The van der Waals surface area contributed by atoms with E-state index >= 15 is 0 Å². The lowest BCUT2D eigenvalue weighted by atomic mass is 9.74. The highest BCUT2D eigenvalue weighted by molar-refractivity contribution is 5.89. The fraction of sp³-hybridized carbons (Fsp3) is 0.435. The number of nitrogens with one attached hydrogen (secondary N) is 3. The maximum absolute atomic E-state index is 13.1. The lowest BCUT2D eigenvalue weighted by Crippen LogP contribution is -2.59. The van der Waals surface area contributed by atoms with Gasteiger partial charge < -0.3 is 20.5 Å². The maximum Gasteiger partial charge on any atom is 0.406 e.